The van der Waals surface area contributed by atoms with Gasteiger partial charge in [-0.3, -0.25) is 18.2 Å². The van der Waals surface area contributed by atoms with Crippen LogP contribution in [0.5, 0.6) is 5.75 Å². The first kappa shape index (κ1) is 35.4. The lowest BCUT2D eigenvalue weighted by atomic mass is 10.1. The number of rotatable bonds is 8. The van der Waals surface area contributed by atoms with Crippen molar-refractivity contribution in [1.82, 2.24) is 0 Å². The number of nitrogen functional groups attached to an aromatic ring is 1. The molecule has 0 saturated heterocycles. The zero-order valence-corrected chi connectivity index (χ0v) is 27.6. The molecule has 0 fully saturated rings. The van der Waals surface area contributed by atoms with E-state index in [9.17, 15) is 57.0 Å². The Morgan fingerprint density at radius 1 is 0.551 bits per heavy atom. The SMILES string of the molecule is Cc1cc(N=Nc2ccc(N=Nc3c(S(=O)(=O)O)cc4cc(S(=O)(=O)O)c(N)cc4c3O)c3ccc(S(=O)(=O)O)cc23)ccc1S(=O)(=O)O. The van der Waals surface area contributed by atoms with Crippen molar-refractivity contribution in [2.45, 2.75) is 26.5 Å². The van der Waals surface area contributed by atoms with E-state index in [4.69, 9.17) is 5.73 Å². The Bertz CT molecular complexity index is 2750. The van der Waals surface area contributed by atoms with Crippen LogP contribution in [0.15, 0.2) is 107 Å². The van der Waals surface area contributed by atoms with E-state index in [1.165, 1.54) is 37.3 Å². The molecule has 0 aliphatic carbocycles. The van der Waals surface area contributed by atoms with Crippen LogP contribution in [0.25, 0.3) is 21.5 Å². The van der Waals surface area contributed by atoms with Gasteiger partial charge in [0.05, 0.1) is 32.5 Å². The Balaban J connectivity index is 1.68. The van der Waals surface area contributed by atoms with E-state index in [0.717, 1.165) is 36.4 Å². The van der Waals surface area contributed by atoms with E-state index in [1.807, 2.05) is 0 Å². The molecule has 5 aromatic rings. The number of hydrogen-bond donors (Lipinski definition) is 6. The van der Waals surface area contributed by atoms with Crippen molar-refractivity contribution in [3.05, 3.63) is 72.3 Å². The largest absolute Gasteiger partial charge is 0.505 e. The molecular formula is C27H21N5O13S4. The Morgan fingerprint density at radius 3 is 1.69 bits per heavy atom. The first-order valence-electron chi connectivity index (χ1n) is 13.1. The van der Waals surface area contributed by atoms with E-state index in [1.54, 1.807) is 0 Å². The third-order valence-corrected chi connectivity index (χ3v) is 10.6. The number of aryl methyl sites for hydroxylation is 1. The number of phenolic OH excluding ortho intramolecular Hbond substituents is 1. The summed E-state index contributed by atoms with van der Waals surface area (Å²) in [5, 5.41) is 26.5. The Hall–Kier alpha value is -4.94. The minimum absolute atomic E-state index is 0.00764. The highest BCUT2D eigenvalue weighted by Gasteiger charge is 2.25. The molecule has 0 radical (unpaired) electrons. The number of aromatic hydroxyl groups is 1. The number of fused-ring (bicyclic) bond motifs is 2. The molecule has 0 aliphatic rings. The molecular weight excluding hydrogens is 731 g/mol. The van der Waals surface area contributed by atoms with Gasteiger partial charge in [0, 0.05) is 16.2 Å². The average molecular weight is 752 g/mol. The van der Waals surface area contributed by atoms with Gasteiger partial charge in [-0.2, -0.15) is 38.8 Å². The standard InChI is InChI=1S/C27H21N5O13S4/c1-13-8-15(2-7-23(13)47(37,38)39)29-30-22-6-5-21(17-4-3-16(11-19(17)22)46(34,35)36)31-32-26-25(49(43,44)45)10-14-9-24(48(40,41)42)20(28)12-18(14)27(26)33/h2-12,33H,28H2,1H3,(H,34,35,36)(H,37,38,39)(H,40,41,42)(H,43,44,45). The fraction of sp³-hybridized carbons (Fsp3) is 0.0370. The molecule has 0 unspecified atom stereocenters. The van der Waals surface area contributed by atoms with Crippen molar-refractivity contribution in [2.24, 2.45) is 20.5 Å². The van der Waals surface area contributed by atoms with Crippen LogP contribution in [0.3, 0.4) is 0 Å². The number of nitrogens with zero attached hydrogens (tertiary/aromatic N) is 4. The minimum Gasteiger partial charge on any atom is -0.505 e. The topological polar surface area (TPSA) is 313 Å². The third-order valence-electron chi connectivity index (χ3n) is 6.94. The predicted octanol–water partition coefficient (Wildman–Crippen LogP) is 5.41. The first-order valence-corrected chi connectivity index (χ1v) is 18.8. The van der Waals surface area contributed by atoms with Gasteiger partial charge in [0.25, 0.3) is 40.5 Å². The summed E-state index contributed by atoms with van der Waals surface area (Å²) < 4.78 is 133. The average Bonchev–Trinajstić information content (AvgIpc) is 2.97. The lowest BCUT2D eigenvalue weighted by Gasteiger charge is -2.11. The van der Waals surface area contributed by atoms with Crippen LogP contribution < -0.4 is 5.73 Å². The Morgan fingerprint density at radius 2 is 1.12 bits per heavy atom. The van der Waals surface area contributed by atoms with Crippen LogP contribution in [0.1, 0.15) is 5.56 Å². The zero-order valence-electron chi connectivity index (χ0n) is 24.4. The van der Waals surface area contributed by atoms with Gasteiger partial charge in [-0.1, -0.05) is 6.07 Å². The molecule has 0 atom stereocenters. The lowest BCUT2D eigenvalue weighted by Crippen LogP contribution is -2.04. The second-order valence-electron chi connectivity index (χ2n) is 10.2. The highest BCUT2D eigenvalue weighted by atomic mass is 32.2. The molecule has 256 valence electrons. The zero-order chi connectivity index (χ0) is 36.3. The van der Waals surface area contributed by atoms with Crippen molar-refractivity contribution in [3.63, 3.8) is 0 Å². The number of azo groups is 2. The van der Waals surface area contributed by atoms with Crippen molar-refractivity contribution in [2.75, 3.05) is 5.73 Å². The molecule has 7 N–H and O–H groups in total. The summed E-state index contributed by atoms with van der Waals surface area (Å²) in [6, 6.07) is 11.9. The second-order valence-corrected chi connectivity index (χ2v) is 15.8. The summed E-state index contributed by atoms with van der Waals surface area (Å²) in [7, 11) is -19.3. The Kier molecular flexibility index (Phi) is 8.80. The van der Waals surface area contributed by atoms with Crippen LogP contribution in [-0.2, 0) is 40.5 Å². The van der Waals surface area contributed by atoms with Gasteiger partial charge in [-0.05, 0) is 78.5 Å². The quantitative estimate of drug-likeness (QED) is 0.0656. The maximum Gasteiger partial charge on any atom is 0.296 e. The second kappa shape index (κ2) is 12.2. The molecule has 22 heteroatoms. The van der Waals surface area contributed by atoms with Gasteiger partial charge in [0.2, 0.25) is 0 Å². The molecule has 5 aromatic carbocycles. The molecule has 18 nitrogen and oxygen atoms in total. The lowest BCUT2D eigenvalue weighted by molar-refractivity contribution is 0.472. The van der Waals surface area contributed by atoms with E-state index in [-0.39, 0.29) is 49.1 Å². The molecule has 0 spiro atoms. The van der Waals surface area contributed by atoms with Crippen LogP contribution in [0.4, 0.5) is 28.4 Å². The van der Waals surface area contributed by atoms with Crippen molar-refractivity contribution >= 4 is 90.5 Å². The maximum atomic E-state index is 12.3. The van der Waals surface area contributed by atoms with Crippen LogP contribution >= 0.6 is 0 Å². The molecule has 0 bridgehead atoms. The maximum absolute atomic E-state index is 12.3. The molecule has 49 heavy (non-hydrogen) atoms. The molecule has 0 saturated carbocycles. The number of benzene rings is 5. The third kappa shape index (κ3) is 7.25. The van der Waals surface area contributed by atoms with Gasteiger partial charge in [-0.25, -0.2) is 0 Å². The summed E-state index contributed by atoms with van der Waals surface area (Å²) in [4.78, 5) is -2.72. The summed E-state index contributed by atoms with van der Waals surface area (Å²) in [5.41, 5.74) is 4.62. The van der Waals surface area contributed by atoms with E-state index >= 15 is 0 Å². The van der Waals surface area contributed by atoms with E-state index < -0.39 is 72.3 Å². The monoisotopic (exact) mass is 751 g/mol. The number of hydrogen-bond acceptors (Lipinski definition) is 14. The predicted molar refractivity (Wildman–Crippen MR) is 173 cm³/mol. The van der Waals surface area contributed by atoms with Gasteiger partial charge < -0.3 is 10.8 Å². The number of phenols is 1. The smallest absolute Gasteiger partial charge is 0.296 e. The van der Waals surface area contributed by atoms with Crippen molar-refractivity contribution in [1.29, 1.82) is 0 Å². The summed E-state index contributed by atoms with van der Waals surface area (Å²) in [6.45, 7) is 1.40. The van der Waals surface area contributed by atoms with Gasteiger partial charge in [-0.15, -0.1) is 15.3 Å². The van der Waals surface area contributed by atoms with Crippen LogP contribution in [-0.4, -0.2) is 57.0 Å². The molecule has 0 aliphatic heterocycles. The van der Waals surface area contributed by atoms with E-state index in [0.29, 0.717) is 0 Å². The molecule has 0 aromatic heterocycles. The van der Waals surface area contributed by atoms with Crippen LogP contribution in [0.2, 0.25) is 0 Å². The van der Waals surface area contributed by atoms with Crippen molar-refractivity contribution in [3.8, 4) is 5.75 Å². The summed E-state index contributed by atoms with van der Waals surface area (Å²) in [6.07, 6.45) is 0. The van der Waals surface area contributed by atoms with Gasteiger partial charge >= 0.3 is 0 Å². The molecule has 0 amide bonds. The normalized spacial score (nSPS) is 13.2. The minimum atomic E-state index is -5.16. The molecule has 5 rings (SSSR count). The summed E-state index contributed by atoms with van der Waals surface area (Å²) >= 11 is 0. The number of nitrogens with two attached hydrogens (primary N) is 1. The van der Waals surface area contributed by atoms with Gasteiger partial charge in [0.15, 0.2) is 5.75 Å². The fourth-order valence-electron chi connectivity index (χ4n) is 4.74. The van der Waals surface area contributed by atoms with Gasteiger partial charge in [0.1, 0.15) is 15.5 Å². The summed E-state index contributed by atoms with van der Waals surface area (Å²) in [5.74, 6) is -0.902. The first-order chi connectivity index (χ1) is 22.6. The number of anilines is 1. The van der Waals surface area contributed by atoms with Crippen molar-refractivity contribution < 1.29 is 57.0 Å². The van der Waals surface area contributed by atoms with E-state index in [2.05, 4.69) is 20.5 Å². The highest BCUT2D eigenvalue weighted by Crippen LogP contribution is 2.44. The Labute approximate surface area is 277 Å². The molecule has 0 heterocycles. The highest BCUT2D eigenvalue weighted by molar-refractivity contribution is 7.86. The fourth-order valence-corrected chi connectivity index (χ4v) is 7.24. The van der Waals surface area contributed by atoms with Crippen LogP contribution in [0, 0.1) is 6.92 Å².